The predicted octanol–water partition coefficient (Wildman–Crippen LogP) is 6.05. The summed E-state index contributed by atoms with van der Waals surface area (Å²) >= 11 is 0. The number of aliphatic imine (C=N–C) groups is 2. The van der Waals surface area contributed by atoms with E-state index in [1.807, 2.05) is 0 Å². The Morgan fingerprint density at radius 2 is 0.970 bits per heavy atom. The third kappa shape index (κ3) is 10.9. The van der Waals surface area contributed by atoms with Gasteiger partial charge in [-0.3, -0.25) is 18.2 Å². The Morgan fingerprint density at radius 3 is 1.33 bits per heavy atom. The van der Waals surface area contributed by atoms with E-state index in [4.69, 9.17) is 0 Å². The molecule has 2 aliphatic carbocycles. The van der Waals surface area contributed by atoms with E-state index in [2.05, 4.69) is 50.7 Å². The van der Waals surface area contributed by atoms with Crippen LogP contribution in [0.1, 0.15) is 13.8 Å². The number of aromatic nitrogens is 3. The van der Waals surface area contributed by atoms with Gasteiger partial charge in [0, 0.05) is 28.1 Å². The molecule has 0 fully saturated rings. The smallest absolute Gasteiger partial charge is 0.295 e. The lowest BCUT2D eigenvalue weighted by atomic mass is 10.0. The largest absolute Gasteiger partial charge is 0.395 e. The summed E-state index contributed by atoms with van der Waals surface area (Å²) in [6.07, 6.45) is 9.65. The van der Waals surface area contributed by atoms with Crippen LogP contribution >= 0.6 is 0 Å². The first-order valence-electron chi connectivity index (χ1n) is 18.8. The number of allylic oxidation sites excluding steroid dienone is 4. The SMILES string of the molecule is CC1=CC(=Nc2nc(N=C3C=CC(N=Nc4cc(S(=O)(=O)O)c5cccc(S(=O)(=O)O)c5c4)C(C)=C3)nc(NCCO)n2)C=CC1N=Nc1cc(S(=O)(=O)O)c2cccc(S(=O)(=O)O)c2c1. The molecule has 6 N–H and O–H groups in total. The van der Waals surface area contributed by atoms with Crippen LogP contribution in [0.25, 0.3) is 21.5 Å². The average molecular weight is 979 g/mol. The minimum atomic E-state index is -4.87. The summed E-state index contributed by atoms with van der Waals surface area (Å²) in [4.78, 5) is 19.5. The number of benzene rings is 4. The number of nitrogens with zero attached hydrogens (tertiary/aromatic N) is 9. The van der Waals surface area contributed by atoms with Crippen molar-refractivity contribution in [1.82, 2.24) is 15.0 Å². The number of hydrogen-bond donors (Lipinski definition) is 6. The first-order chi connectivity index (χ1) is 31.0. The van der Waals surface area contributed by atoms with Gasteiger partial charge in [0.2, 0.25) is 5.95 Å². The number of fused-ring (bicyclic) bond motifs is 2. The molecule has 1 aromatic heterocycles. The van der Waals surface area contributed by atoms with Crippen LogP contribution in [-0.4, -0.2) is 109 Å². The van der Waals surface area contributed by atoms with Crippen molar-refractivity contribution in [2.45, 2.75) is 45.5 Å². The fourth-order valence-corrected chi connectivity index (χ4v) is 9.46. The van der Waals surface area contributed by atoms with Crippen LogP contribution in [0.5, 0.6) is 0 Å². The Kier molecular flexibility index (Phi) is 13.1. The lowest BCUT2D eigenvalue weighted by Crippen LogP contribution is -2.11. The zero-order chi connectivity index (χ0) is 47.8. The van der Waals surface area contributed by atoms with Crippen molar-refractivity contribution in [2.24, 2.45) is 30.4 Å². The Balaban J connectivity index is 1.13. The number of aliphatic hydroxyl groups is 1. The molecule has 23 nitrogen and oxygen atoms in total. The Labute approximate surface area is 375 Å². The molecular weight excluding hydrogens is 945 g/mol. The highest BCUT2D eigenvalue weighted by Gasteiger charge is 2.24. The van der Waals surface area contributed by atoms with Gasteiger partial charge in [0.05, 0.1) is 29.4 Å². The summed E-state index contributed by atoms with van der Waals surface area (Å²) in [6, 6.07) is 10.1. The van der Waals surface area contributed by atoms with Crippen LogP contribution in [0.3, 0.4) is 0 Å². The van der Waals surface area contributed by atoms with Gasteiger partial charge in [-0.1, -0.05) is 36.4 Å². The van der Waals surface area contributed by atoms with Crippen LogP contribution in [0.2, 0.25) is 0 Å². The Morgan fingerprint density at radius 1 is 0.561 bits per heavy atom. The van der Waals surface area contributed by atoms with E-state index in [1.165, 1.54) is 36.4 Å². The van der Waals surface area contributed by atoms with Gasteiger partial charge in [-0.2, -0.15) is 69.1 Å². The summed E-state index contributed by atoms with van der Waals surface area (Å²) in [7, 11) is -19.3. The molecule has 1 heterocycles. The predicted molar refractivity (Wildman–Crippen MR) is 239 cm³/mol. The van der Waals surface area contributed by atoms with Gasteiger partial charge in [-0.05, 0) is 85.7 Å². The molecule has 2 atom stereocenters. The van der Waals surface area contributed by atoms with Gasteiger partial charge in [-0.25, -0.2) is 9.98 Å². The second kappa shape index (κ2) is 18.3. The third-order valence-corrected chi connectivity index (χ3v) is 13.2. The van der Waals surface area contributed by atoms with Crippen molar-refractivity contribution in [3.63, 3.8) is 0 Å². The fourth-order valence-electron chi connectivity index (χ4n) is 6.62. The number of rotatable bonds is 13. The minimum absolute atomic E-state index is 0.0330. The highest BCUT2D eigenvalue weighted by atomic mass is 32.2. The van der Waals surface area contributed by atoms with Crippen LogP contribution in [0.15, 0.2) is 158 Å². The van der Waals surface area contributed by atoms with E-state index in [0.717, 1.165) is 24.3 Å². The van der Waals surface area contributed by atoms with E-state index in [-0.39, 0.29) is 63.9 Å². The van der Waals surface area contributed by atoms with Gasteiger partial charge < -0.3 is 10.4 Å². The van der Waals surface area contributed by atoms with E-state index in [0.29, 0.717) is 22.6 Å². The highest BCUT2D eigenvalue weighted by molar-refractivity contribution is 7.87. The lowest BCUT2D eigenvalue weighted by molar-refractivity contribution is 0.310. The molecule has 5 aromatic rings. The Hall–Kier alpha value is -6.69. The van der Waals surface area contributed by atoms with Crippen LogP contribution in [0.4, 0.5) is 29.2 Å². The van der Waals surface area contributed by atoms with Gasteiger partial charge >= 0.3 is 0 Å². The van der Waals surface area contributed by atoms with E-state index < -0.39 is 72.1 Å². The van der Waals surface area contributed by atoms with Crippen LogP contribution in [-0.2, 0) is 40.5 Å². The number of anilines is 1. The summed E-state index contributed by atoms with van der Waals surface area (Å²) in [5, 5.41) is 28.2. The highest BCUT2D eigenvalue weighted by Crippen LogP contribution is 2.35. The van der Waals surface area contributed by atoms with E-state index in [9.17, 15) is 57.0 Å². The zero-order valence-electron chi connectivity index (χ0n) is 34.0. The van der Waals surface area contributed by atoms with Crippen molar-refractivity contribution in [3.8, 4) is 0 Å². The molecule has 66 heavy (non-hydrogen) atoms. The summed E-state index contributed by atoms with van der Waals surface area (Å²) in [5.74, 6) is -0.132. The molecular formula is C39H34N10O13S4. The molecule has 7 rings (SSSR count). The van der Waals surface area contributed by atoms with E-state index in [1.54, 1.807) is 50.3 Å². The first kappa shape index (κ1) is 47.3. The molecule has 4 aromatic carbocycles. The first-order valence-corrected chi connectivity index (χ1v) is 24.6. The number of hydrogen-bond acceptors (Lipinski definition) is 19. The fraction of sp³-hybridized carbons (Fsp3) is 0.154. The second-order valence-corrected chi connectivity index (χ2v) is 19.8. The summed E-state index contributed by atoms with van der Waals surface area (Å²) in [5.41, 5.74) is 1.65. The van der Waals surface area contributed by atoms with Crippen molar-refractivity contribution < 1.29 is 57.0 Å². The number of aliphatic hydroxyl groups excluding tert-OH is 1. The summed E-state index contributed by atoms with van der Waals surface area (Å²) in [6.45, 7) is 3.23. The Bertz CT molecular complexity index is 3340. The molecule has 0 amide bonds. The van der Waals surface area contributed by atoms with Crippen molar-refractivity contribution in [2.75, 3.05) is 18.5 Å². The number of nitrogens with one attached hydrogen (secondary N) is 1. The molecule has 0 saturated carbocycles. The standard InChI is InChI=1S/C39H34N10O13S4/c1-21-15-23(9-11-31(21)48-46-25-17-29-27(35(19-25)65(57,58)59)5-3-7-33(29)63(51,52)53)41-38-43-37(40-13-14-50)44-39(45-38)42-24-10-12-32(22(2)16-24)49-47-26-18-30-28(36(20-26)66(60,61)62)6-4-8-34(30)64(54,55)56/h3-12,15-20,31-32,50H,13-14H2,1-2H3,(H,51,52,53)(H,54,55,56)(H,57,58,59)(H,60,61,62)(H,40,43,44,45). The zero-order valence-corrected chi connectivity index (χ0v) is 37.2. The van der Waals surface area contributed by atoms with Gasteiger partial charge in [0.1, 0.15) is 31.7 Å². The molecule has 0 radical (unpaired) electrons. The monoisotopic (exact) mass is 978 g/mol. The molecule has 0 saturated heterocycles. The maximum absolute atomic E-state index is 12.2. The minimum Gasteiger partial charge on any atom is -0.395 e. The lowest BCUT2D eigenvalue weighted by Gasteiger charge is -2.13. The van der Waals surface area contributed by atoms with Gasteiger partial charge in [0.15, 0.2) is 0 Å². The molecule has 2 aliphatic rings. The van der Waals surface area contributed by atoms with E-state index >= 15 is 0 Å². The van der Waals surface area contributed by atoms with Crippen molar-refractivity contribution >= 4 is 103 Å². The molecule has 0 aliphatic heterocycles. The number of azo groups is 2. The van der Waals surface area contributed by atoms with Crippen LogP contribution in [0, 0.1) is 0 Å². The topological polar surface area (TPSA) is 363 Å². The van der Waals surface area contributed by atoms with Gasteiger partial charge in [0.25, 0.3) is 52.4 Å². The molecule has 342 valence electrons. The molecule has 0 spiro atoms. The second-order valence-electron chi connectivity index (χ2n) is 14.3. The molecule has 2 unspecified atom stereocenters. The van der Waals surface area contributed by atoms with Gasteiger partial charge in [-0.15, -0.1) is 0 Å². The van der Waals surface area contributed by atoms with Crippen LogP contribution < -0.4 is 5.32 Å². The molecule has 0 bridgehead atoms. The summed E-state index contributed by atoms with van der Waals surface area (Å²) < 4.78 is 136. The third-order valence-electron chi connectivity index (χ3n) is 9.56. The van der Waals surface area contributed by atoms with Crippen molar-refractivity contribution in [3.05, 3.63) is 108 Å². The normalized spacial score (nSPS) is 18.5. The quantitative estimate of drug-likeness (QED) is 0.0577. The average Bonchev–Trinajstić information content (AvgIpc) is 3.22. The maximum atomic E-state index is 12.2. The van der Waals surface area contributed by atoms with Crippen molar-refractivity contribution in [1.29, 1.82) is 0 Å². The molecule has 27 heteroatoms. The maximum Gasteiger partial charge on any atom is 0.295 e.